The molecular weight excluding hydrogens is 234 g/mol. The highest BCUT2D eigenvalue weighted by atomic mass is 15.0. The number of pyridine rings is 2. The maximum Gasteiger partial charge on any atom is 0.134 e. The van der Waals surface area contributed by atoms with Crippen molar-refractivity contribution in [2.75, 3.05) is 5.32 Å². The molecule has 0 aliphatic heterocycles. The first kappa shape index (κ1) is 11.7. The van der Waals surface area contributed by atoms with Crippen molar-refractivity contribution < 1.29 is 0 Å². The zero-order valence-corrected chi connectivity index (χ0v) is 10.7. The van der Waals surface area contributed by atoms with Crippen LogP contribution in [0.5, 0.6) is 0 Å². The molecule has 0 spiro atoms. The fourth-order valence-corrected chi connectivity index (χ4v) is 2.16. The van der Waals surface area contributed by atoms with E-state index in [1.165, 1.54) is 5.39 Å². The molecule has 0 amide bonds. The van der Waals surface area contributed by atoms with Crippen molar-refractivity contribution in [1.29, 1.82) is 0 Å². The van der Waals surface area contributed by atoms with Crippen molar-refractivity contribution in [3.05, 3.63) is 66.6 Å². The van der Waals surface area contributed by atoms with E-state index in [4.69, 9.17) is 0 Å². The van der Waals surface area contributed by atoms with Gasteiger partial charge < -0.3 is 5.32 Å². The summed E-state index contributed by atoms with van der Waals surface area (Å²) in [4.78, 5) is 8.59. The number of hydrogen-bond acceptors (Lipinski definition) is 3. The first-order chi connectivity index (χ1) is 9.34. The van der Waals surface area contributed by atoms with Gasteiger partial charge in [-0.1, -0.05) is 30.3 Å². The van der Waals surface area contributed by atoms with Gasteiger partial charge in [-0.25, -0.2) is 4.98 Å². The third-order valence-corrected chi connectivity index (χ3v) is 3.21. The minimum Gasteiger partial charge on any atom is -0.363 e. The molecule has 0 radical (unpaired) electrons. The molecule has 94 valence electrons. The molecular formula is C16H15N3. The van der Waals surface area contributed by atoms with Crippen molar-refractivity contribution in [2.45, 2.75) is 13.0 Å². The Morgan fingerprint density at radius 3 is 2.74 bits per heavy atom. The molecule has 3 nitrogen and oxygen atoms in total. The van der Waals surface area contributed by atoms with E-state index in [1.54, 1.807) is 6.20 Å². The smallest absolute Gasteiger partial charge is 0.134 e. The Morgan fingerprint density at radius 2 is 1.89 bits per heavy atom. The summed E-state index contributed by atoms with van der Waals surface area (Å²) in [5, 5.41) is 5.78. The molecule has 2 heterocycles. The minimum absolute atomic E-state index is 0.173. The summed E-state index contributed by atoms with van der Waals surface area (Å²) in [6, 6.07) is 14.5. The number of nitrogens with one attached hydrogen (secondary N) is 1. The molecule has 3 rings (SSSR count). The molecule has 1 atom stereocenters. The lowest BCUT2D eigenvalue weighted by Gasteiger charge is -2.15. The predicted octanol–water partition coefficient (Wildman–Crippen LogP) is 3.80. The van der Waals surface area contributed by atoms with Crippen molar-refractivity contribution in [3.63, 3.8) is 0 Å². The van der Waals surface area contributed by atoms with Crippen molar-refractivity contribution >= 4 is 16.6 Å². The van der Waals surface area contributed by atoms with E-state index in [0.29, 0.717) is 0 Å². The lowest BCUT2D eigenvalue weighted by atomic mass is 10.1. The van der Waals surface area contributed by atoms with Gasteiger partial charge in [-0.15, -0.1) is 0 Å². The topological polar surface area (TPSA) is 37.8 Å². The standard InChI is InChI=1S/C16H15N3/c1-12(14-6-4-9-17-11-14)19-16-15-7-3-2-5-13(15)8-10-18-16/h2-12H,1H3,(H,18,19). The summed E-state index contributed by atoms with van der Waals surface area (Å²) in [5.74, 6) is 0.912. The van der Waals surface area contributed by atoms with E-state index in [2.05, 4.69) is 40.4 Å². The van der Waals surface area contributed by atoms with Crippen molar-refractivity contribution in [1.82, 2.24) is 9.97 Å². The van der Waals surface area contributed by atoms with Crippen LogP contribution in [0.1, 0.15) is 18.5 Å². The van der Waals surface area contributed by atoms with Gasteiger partial charge in [-0.05, 0) is 30.0 Å². The number of benzene rings is 1. The average Bonchev–Trinajstić information content (AvgIpc) is 2.48. The van der Waals surface area contributed by atoms with Crippen molar-refractivity contribution in [3.8, 4) is 0 Å². The van der Waals surface area contributed by atoms with Gasteiger partial charge in [-0.3, -0.25) is 4.98 Å². The zero-order valence-electron chi connectivity index (χ0n) is 10.7. The number of fused-ring (bicyclic) bond motifs is 1. The Bertz CT molecular complexity index is 674. The minimum atomic E-state index is 0.173. The van der Waals surface area contributed by atoms with Gasteiger partial charge in [0.25, 0.3) is 0 Å². The summed E-state index contributed by atoms with van der Waals surface area (Å²) < 4.78 is 0. The third-order valence-electron chi connectivity index (χ3n) is 3.21. The van der Waals surface area contributed by atoms with E-state index in [0.717, 1.165) is 16.8 Å². The molecule has 0 aliphatic carbocycles. The van der Waals surface area contributed by atoms with Crippen LogP contribution in [-0.2, 0) is 0 Å². The lowest BCUT2D eigenvalue weighted by molar-refractivity contribution is 0.869. The molecule has 2 aromatic heterocycles. The second-order valence-electron chi connectivity index (χ2n) is 4.53. The van der Waals surface area contributed by atoms with Crippen LogP contribution in [-0.4, -0.2) is 9.97 Å². The summed E-state index contributed by atoms with van der Waals surface area (Å²) in [5.41, 5.74) is 1.15. The van der Waals surface area contributed by atoms with Crippen LogP contribution < -0.4 is 5.32 Å². The monoisotopic (exact) mass is 249 g/mol. The number of rotatable bonds is 3. The van der Waals surface area contributed by atoms with Gasteiger partial charge in [0.2, 0.25) is 0 Å². The summed E-state index contributed by atoms with van der Waals surface area (Å²) in [6.45, 7) is 2.11. The second kappa shape index (κ2) is 5.06. The zero-order chi connectivity index (χ0) is 13.1. The van der Waals surface area contributed by atoms with Crippen LogP contribution in [0.2, 0.25) is 0 Å². The van der Waals surface area contributed by atoms with Gasteiger partial charge in [0.15, 0.2) is 0 Å². The fraction of sp³-hybridized carbons (Fsp3) is 0.125. The first-order valence-electron chi connectivity index (χ1n) is 6.35. The number of anilines is 1. The highest BCUT2D eigenvalue weighted by Gasteiger charge is 2.08. The number of nitrogens with zero attached hydrogens (tertiary/aromatic N) is 2. The van der Waals surface area contributed by atoms with Gasteiger partial charge in [0.1, 0.15) is 5.82 Å². The molecule has 0 saturated heterocycles. The quantitative estimate of drug-likeness (QED) is 0.767. The number of aromatic nitrogens is 2. The van der Waals surface area contributed by atoms with Crippen molar-refractivity contribution in [2.24, 2.45) is 0 Å². The van der Waals surface area contributed by atoms with E-state index in [-0.39, 0.29) is 6.04 Å². The Balaban J connectivity index is 1.94. The Kier molecular flexibility index (Phi) is 3.11. The molecule has 19 heavy (non-hydrogen) atoms. The van der Waals surface area contributed by atoms with Crippen LogP contribution in [0, 0.1) is 0 Å². The summed E-state index contributed by atoms with van der Waals surface area (Å²) in [6.07, 6.45) is 5.50. The van der Waals surface area contributed by atoms with Crippen LogP contribution in [0.25, 0.3) is 10.8 Å². The van der Waals surface area contributed by atoms with Gasteiger partial charge in [-0.2, -0.15) is 0 Å². The van der Waals surface area contributed by atoms with Crippen LogP contribution in [0.4, 0.5) is 5.82 Å². The van der Waals surface area contributed by atoms with E-state index < -0.39 is 0 Å². The highest BCUT2D eigenvalue weighted by molar-refractivity contribution is 5.91. The molecule has 0 aliphatic rings. The molecule has 3 heteroatoms. The molecule has 1 N–H and O–H groups in total. The van der Waals surface area contributed by atoms with E-state index in [9.17, 15) is 0 Å². The first-order valence-corrected chi connectivity index (χ1v) is 6.35. The Morgan fingerprint density at radius 1 is 1.00 bits per heavy atom. The number of hydrogen-bond donors (Lipinski definition) is 1. The normalized spacial score (nSPS) is 12.3. The van der Waals surface area contributed by atoms with Crippen LogP contribution in [0.3, 0.4) is 0 Å². The summed E-state index contributed by atoms with van der Waals surface area (Å²) >= 11 is 0. The molecule has 1 unspecified atom stereocenters. The van der Waals surface area contributed by atoms with Crippen LogP contribution in [0.15, 0.2) is 61.1 Å². The third kappa shape index (κ3) is 2.40. The van der Waals surface area contributed by atoms with E-state index in [1.807, 2.05) is 36.7 Å². The lowest BCUT2D eigenvalue weighted by Crippen LogP contribution is -2.08. The molecule has 1 aromatic carbocycles. The molecule has 3 aromatic rings. The summed E-state index contributed by atoms with van der Waals surface area (Å²) in [7, 11) is 0. The molecule has 0 fully saturated rings. The average molecular weight is 249 g/mol. The Hall–Kier alpha value is -2.42. The fourth-order valence-electron chi connectivity index (χ4n) is 2.16. The second-order valence-corrected chi connectivity index (χ2v) is 4.53. The highest BCUT2D eigenvalue weighted by Crippen LogP contribution is 2.24. The maximum absolute atomic E-state index is 4.44. The predicted molar refractivity (Wildman–Crippen MR) is 78.0 cm³/mol. The van der Waals surface area contributed by atoms with Crippen LogP contribution >= 0.6 is 0 Å². The SMILES string of the molecule is CC(Nc1nccc2ccccc12)c1cccnc1. The Labute approximate surface area is 112 Å². The van der Waals surface area contributed by atoms with E-state index >= 15 is 0 Å². The largest absolute Gasteiger partial charge is 0.363 e. The van der Waals surface area contributed by atoms with Gasteiger partial charge in [0.05, 0.1) is 6.04 Å². The van der Waals surface area contributed by atoms with Gasteiger partial charge >= 0.3 is 0 Å². The molecule has 0 bridgehead atoms. The molecule has 0 saturated carbocycles. The van der Waals surface area contributed by atoms with Gasteiger partial charge in [0, 0.05) is 24.0 Å². The maximum atomic E-state index is 4.44.